The lowest BCUT2D eigenvalue weighted by Crippen LogP contribution is -2.41. The van der Waals surface area contributed by atoms with Gasteiger partial charge >= 0.3 is 0 Å². The maximum atomic E-state index is 5.78. The number of benzene rings is 1. The van der Waals surface area contributed by atoms with Crippen molar-refractivity contribution in [1.29, 1.82) is 0 Å². The second-order valence-corrected chi connectivity index (χ2v) is 5.23. The Morgan fingerprint density at radius 2 is 2.17 bits per heavy atom. The van der Waals surface area contributed by atoms with Crippen molar-refractivity contribution in [2.75, 3.05) is 13.7 Å². The molecule has 2 rings (SSSR count). The standard InChI is InChI=1S/C15H24N2O/c1-3-13-6-11(4-5-15(13)18-2)9-17-10-12-7-14(16)8-12/h4-6,12,14,17H,3,7-10,16H2,1-2H3. The van der Waals surface area contributed by atoms with Gasteiger partial charge in [0, 0.05) is 12.6 Å². The Labute approximate surface area is 110 Å². The van der Waals surface area contributed by atoms with Gasteiger partial charge in [-0.25, -0.2) is 0 Å². The third kappa shape index (κ3) is 3.24. The van der Waals surface area contributed by atoms with Crippen molar-refractivity contribution in [1.82, 2.24) is 5.32 Å². The maximum Gasteiger partial charge on any atom is 0.122 e. The van der Waals surface area contributed by atoms with Crippen molar-refractivity contribution in [3.63, 3.8) is 0 Å². The molecule has 0 atom stereocenters. The molecule has 0 aromatic heterocycles. The summed E-state index contributed by atoms with van der Waals surface area (Å²) in [6.45, 7) is 4.18. The second-order valence-electron chi connectivity index (χ2n) is 5.23. The SMILES string of the molecule is CCc1cc(CNCC2CC(N)C2)ccc1OC. The van der Waals surface area contributed by atoms with Crippen molar-refractivity contribution in [2.45, 2.75) is 38.8 Å². The molecule has 1 fully saturated rings. The fourth-order valence-corrected chi connectivity index (χ4v) is 2.59. The maximum absolute atomic E-state index is 5.78. The van der Waals surface area contributed by atoms with Gasteiger partial charge in [0.1, 0.15) is 5.75 Å². The number of hydrogen-bond donors (Lipinski definition) is 2. The quantitative estimate of drug-likeness (QED) is 0.810. The van der Waals surface area contributed by atoms with Crippen molar-refractivity contribution >= 4 is 0 Å². The molecule has 0 saturated heterocycles. The Morgan fingerprint density at radius 1 is 1.39 bits per heavy atom. The Kier molecular flexibility index (Phi) is 4.61. The number of rotatable bonds is 6. The van der Waals surface area contributed by atoms with E-state index in [2.05, 4.69) is 30.4 Å². The summed E-state index contributed by atoms with van der Waals surface area (Å²) in [4.78, 5) is 0. The Bertz CT molecular complexity index is 386. The average Bonchev–Trinajstić information content (AvgIpc) is 2.36. The minimum atomic E-state index is 0.449. The van der Waals surface area contributed by atoms with E-state index < -0.39 is 0 Å². The van der Waals surface area contributed by atoms with Gasteiger partial charge in [-0.2, -0.15) is 0 Å². The van der Waals surface area contributed by atoms with E-state index in [1.54, 1.807) is 7.11 Å². The van der Waals surface area contributed by atoms with E-state index in [1.165, 1.54) is 24.0 Å². The molecule has 3 heteroatoms. The highest BCUT2D eigenvalue weighted by Crippen LogP contribution is 2.25. The van der Waals surface area contributed by atoms with E-state index in [0.29, 0.717) is 6.04 Å². The van der Waals surface area contributed by atoms with E-state index in [9.17, 15) is 0 Å². The molecule has 1 aromatic carbocycles. The van der Waals surface area contributed by atoms with E-state index in [0.717, 1.165) is 31.2 Å². The number of ether oxygens (including phenoxy) is 1. The average molecular weight is 248 g/mol. The Balaban J connectivity index is 1.81. The van der Waals surface area contributed by atoms with Crippen LogP contribution in [0.3, 0.4) is 0 Å². The largest absolute Gasteiger partial charge is 0.496 e. The molecule has 1 aliphatic carbocycles. The molecule has 0 spiro atoms. The Morgan fingerprint density at radius 3 is 2.78 bits per heavy atom. The molecule has 18 heavy (non-hydrogen) atoms. The summed E-state index contributed by atoms with van der Waals surface area (Å²) in [6.07, 6.45) is 3.36. The first-order valence-corrected chi connectivity index (χ1v) is 6.85. The van der Waals surface area contributed by atoms with Crippen molar-refractivity contribution in [3.8, 4) is 5.75 Å². The summed E-state index contributed by atoms with van der Waals surface area (Å²) in [5, 5.41) is 3.52. The molecule has 3 N–H and O–H groups in total. The van der Waals surface area contributed by atoms with Crippen molar-refractivity contribution in [2.24, 2.45) is 11.7 Å². The fraction of sp³-hybridized carbons (Fsp3) is 0.600. The van der Waals surface area contributed by atoms with Crippen LogP contribution >= 0.6 is 0 Å². The normalized spacial score (nSPS) is 22.6. The van der Waals surface area contributed by atoms with E-state index >= 15 is 0 Å². The zero-order valence-electron chi connectivity index (χ0n) is 11.4. The number of nitrogens with two attached hydrogens (primary N) is 1. The molecule has 0 aliphatic heterocycles. The smallest absolute Gasteiger partial charge is 0.122 e. The number of methoxy groups -OCH3 is 1. The minimum Gasteiger partial charge on any atom is -0.496 e. The first kappa shape index (κ1) is 13.4. The summed E-state index contributed by atoms with van der Waals surface area (Å²) >= 11 is 0. The zero-order chi connectivity index (χ0) is 13.0. The van der Waals surface area contributed by atoms with E-state index in [-0.39, 0.29) is 0 Å². The van der Waals surface area contributed by atoms with Crippen LogP contribution in [0.5, 0.6) is 5.75 Å². The van der Waals surface area contributed by atoms with E-state index in [4.69, 9.17) is 10.5 Å². The minimum absolute atomic E-state index is 0.449. The molecule has 100 valence electrons. The lowest BCUT2D eigenvalue weighted by molar-refractivity contribution is 0.256. The molecule has 0 unspecified atom stereocenters. The molecule has 1 aliphatic rings. The highest BCUT2D eigenvalue weighted by Gasteiger charge is 2.24. The van der Waals surface area contributed by atoms with Crippen LogP contribution < -0.4 is 15.8 Å². The van der Waals surface area contributed by atoms with Gasteiger partial charge in [-0.3, -0.25) is 0 Å². The summed E-state index contributed by atoms with van der Waals surface area (Å²) < 4.78 is 5.34. The molecular weight excluding hydrogens is 224 g/mol. The van der Waals surface area contributed by atoms with Crippen molar-refractivity contribution < 1.29 is 4.74 Å². The molecule has 0 radical (unpaired) electrons. The second kappa shape index (κ2) is 6.21. The van der Waals surface area contributed by atoms with Gasteiger partial charge in [-0.05, 0) is 48.9 Å². The predicted octanol–water partition coefficient (Wildman–Crippen LogP) is 2.08. The van der Waals surface area contributed by atoms with Crippen LogP contribution in [0.15, 0.2) is 18.2 Å². The van der Waals surface area contributed by atoms with Crippen LogP contribution in [0, 0.1) is 5.92 Å². The van der Waals surface area contributed by atoms with Gasteiger partial charge in [0.25, 0.3) is 0 Å². The molecular formula is C15H24N2O. The van der Waals surface area contributed by atoms with Crippen LogP contribution in [0.4, 0.5) is 0 Å². The number of aryl methyl sites for hydroxylation is 1. The third-order valence-corrected chi connectivity index (χ3v) is 3.76. The monoisotopic (exact) mass is 248 g/mol. The molecule has 0 heterocycles. The number of nitrogens with one attached hydrogen (secondary N) is 1. The van der Waals surface area contributed by atoms with Gasteiger partial charge in [0.05, 0.1) is 7.11 Å². The van der Waals surface area contributed by atoms with Crippen molar-refractivity contribution in [3.05, 3.63) is 29.3 Å². The lowest BCUT2D eigenvalue weighted by Gasteiger charge is -2.32. The fourth-order valence-electron chi connectivity index (χ4n) is 2.59. The Hall–Kier alpha value is -1.06. The molecule has 0 amide bonds. The molecule has 0 bridgehead atoms. The lowest BCUT2D eigenvalue weighted by atomic mass is 9.81. The predicted molar refractivity (Wildman–Crippen MR) is 74.8 cm³/mol. The summed E-state index contributed by atoms with van der Waals surface area (Å²) in [7, 11) is 1.73. The van der Waals surface area contributed by atoms with Gasteiger partial charge in [-0.1, -0.05) is 19.1 Å². The molecule has 1 saturated carbocycles. The first-order valence-electron chi connectivity index (χ1n) is 6.85. The van der Waals surface area contributed by atoms with Gasteiger partial charge in [0.15, 0.2) is 0 Å². The van der Waals surface area contributed by atoms with Crippen LogP contribution in [0.25, 0.3) is 0 Å². The van der Waals surface area contributed by atoms with E-state index in [1.807, 2.05) is 0 Å². The van der Waals surface area contributed by atoms with Crippen LogP contribution in [-0.2, 0) is 13.0 Å². The summed E-state index contributed by atoms with van der Waals surface area (Å²) in [5.74, 6) is 1.77. The van der Waals surface area contributed by atoms with Gasteiger partial charge < -0.3 is 15.8 Å². The molecule has 1 aromatic rings. The summed E-state index contributed by atoms with van der Waals surface area (Å²) in [6, 6.07) is 6.88. The van der Waals surface area contributed by atoms with Crippen LogP contribution in [0.1, 0.15) is 30.9 Å². The number of hydrogen-bond acceptors (Lipinski definition) is 3. The third-order valence-electron chi connectivity index (χ3n) is 3.76. The highest BCUT2D eigenvalue weighted by atomic mass is 16.5. The topological polar surface area (TPSA) is 47.3 Å². The molecule has 3 nitrogen and oxygen atoms in total. The van der Waals surface area contributed by atoms with Crippen LogP contribution in [-0.4, -0.2) is 19.7 Å². The highest BCUT2D eigenvalue weighted by molar-refractivity contribution is 5.37. The van der Waals surface area contributed by atoms with Gasteiger partial charge in [0.2, 0.25) is 0 Å². The first-order chi connectivity index (χ1) is 8.72. The van der Waals surface area contributed by atoms with Crippen LogP contribution in [0.2, 0.25) is 0 Å². The van der Waals surface area contributed by atoms with Gasteiger partial charge in [-0.15, -0.1) is 0 Å². The summed E-state index contributed by atoms with van der Waals surface area (Å²) in [5.41, 5.74) is 8.39. The zero-order valence-corrected chi connectivity index (χ0v) is 11.4.